The maximum atomic E-state index is 13.8. The second-order valence-electron chi connectivity index (χ2n) is 12.0. The lowest BCUT2D eigenvalue weighted by Crippen LogP contribution is -2.58. The summed E-state index contributed by atoms with van der Waals surface area (Å²) in [5.74, 6) is 0.645. The molecule has 0 aliphatic carbocycles. The number of nitrogens with one attached hydrogen (secondary N) is 3. The van der Waals surface area contributed by atoms with Crippen LogP contribution in [0, 0.1) is 11.3 Å². The van der Waals surface area contributed by atoms with Crippen molar-refractivity contribution in [3.63, 3.8) is 0 Å². The zero-order chi connectivity index (χ0) is 30.1. The highest BCUT2D eigenvalue weighted by Gasteiger charge is 2.41. The summed E-state index contributed by atoms with van der Waals surface area (Å²) in [4.78, 5) is 42.6. The molecule has 2 saturated heterocycles. The van der Waals surface area contributed by atoms with Gasteiger partial charge >= 0.3 is 0 Å². The van der Waals surface area contributed by atoms with Crippen LogP contribution in [0.15, 0.2) is 66.7 Å². The molecule has 0 aromatic heterocycles. The van der Waals surface area contributed by atoms with Crippen LogP contribution in [0.2, 0.25) is 0 Å². The molecule has 1 spiro atoms. The molecule has 0 saturated carbocycles. The number of nitrogens with zero attached hydrogens (tertiary/aromatic N) is 1. The zero-order valence-electron chi connectivity index (χ0n) is 25.1. The van der Waals surface area contributed by atoms with Gasteiger partial charge in [-0.1, -0.05) is 60.7 Å². The Hall–Kier alpha value is -3.69. The summed E-state index contributed by atoms with van der Waals surface area (Å²) >= 11 is 0. The number of benzene rings is 2. The molecule has 2 aromatic carbocycles. The van der Waals surface area contributed by atoms with Crippen molar-refractivity contribution in [2.45, 2.75) is 57.2 Å². The predicted molar refractivity (Wildman–Crippen MR) is 164 cm³/mol. The van der Waals surface area contributed by atoms with Gasteiger partial charge in [0.25, 0.3) is 0 Å². The number of methoxy groups -OCH3 is 1. The average Bonchev–Trinajstić information content (AvgIpc) is 3.03. The Bertz CT molecular complexity index is 1280. The molecule has 0 unspecified atom stereocenters. The molecule has 3 N–H and O–H groups in total. The second kappa shape index (κ2) is 14.7. The largest absolute Gasteiger partial charge is 0.496 e. The molecule has 3 atom stereocenters. The van der Waals surface area contributed by atoms with Crippen LogP contribution in [-0.2, 0) is 32.1 Å². The fraction of sp³-hybridized carbons (Fsp3) is 0.500. The fourth-order valence-corrected chi connectivity index (χ4v) is 6.50. The highest BCUT2D eigenvalue weighted by Crippen LogP contribution is 2.36. The monoisotopic (exact) mass is 588 g/mol. The van der Waals surface area contributed by atoms with Crippen LogP contribution < -0.4 is 20.7 Å². The molecule has 3 amide bonds. The Morgan fingerprint density at radius 3 is 2.60 bits per heavy atom. The van der Waals surface area contributed by atoms with Crippen LogP contribution in [0.25, 0.3) is 0 Å². The summed E-state index contributed by atoms with van der Waals surface area (Å²) in [5.41, 5.74) is 1.35. The van der Waals surface area contributed by atoms with Crippen LogP contribution in [0.1, 0.15) is 43.2 Å². The van der Waals surface area contributed by atoms with Gasteiger partial charge in [-0.2, -0.15) is 0 Å². The maximum absolute atomic E-state index is 13.8. The molecule has 9 heteroatoms. The molecule has 3 aliphatic rings. The third kappa shape index (κ3) is 8.03. The summed E-state index contributed by atoms with van der Waals surface area (Å²) < 4.78 is 11.0. The van der Waals surface area contributed by atoms with Crippen LogP contribution in [-0.4, -0.2) is 74.7 Å². The van der Waals surface area contributed by atoms with Crippen molar-refractivity contribution in [1.82, 2.24) is 20.9 Å². The summed E-state index contributed by atoms with van der Waals surface area (Å²) in [6.07, 6.45) is 8.10. The number of amides is 3. The standard InChI is InChI=1S/C34H44N4O5/c1-42-30-13-6-5-11-26(30)22-35-31(39)24-38-18-14-28-27(23-38)12-7-8-15-34(16-19-43-20-17-34)33(41)37-29(32(40)36-28)21-25-9-3-2-4-10-25/h2-11,13,27-29H,12,14-24H2,1H3,(H,35,39)(H,36,40)(H,37,41)/b8-7+/t27-,28+,29+/m0/s1. The number of likely N-dealkylation sites (tertiary alicyclic amines) is 1. The highest BCUT2D eigenvalue weighted by molar-refractivity contribution is 5.90. The zero-order valence-corrected chi connectivity index (χ0v) is 25.1. The fourth-order valence-electron chi connectivity index (χ4n) is 6.50. The Morgan fingerprint density at radius 1 is 1.05 bits per heavy atom. The van der Waals surface area contributed by atoms with Gasteiger partial charge in [0.15, 0.2) is 0 Å². The molecule has 0 bridgehead atoms. The van der Waals surface area contributed by atoms with E-state index in [1.807, 2.05) is 54.6 Å². The minimum atomic E-state index is -0.669. The maximum Gasteiger partial charge on any atom is 0.243 e. The van der Waals surface area contributed by atoms with Gasteiger partial charge in [0, 0.05) is 50.9 Å². The number of rotatable bonds is 7. The predicted octanol–water partition coefficient (Wildman–Crippen LogP) is 2.99. The minimum absolute atomic E-state index is 0.0378. The Labute approximate surface area is 254 Å². The van der Waals surface area contributed by atoms with E-state index in [1.54, 1.807) is 7.11 Å². The number of allylic oxidation sites excluding steroid dienone is 2. The van der Waals surface area contributed by atoms with Gasteiger partial charge < -0.3 is 25.4 Å². The summed E-state index contributed by atoms with van der Waals surface area (Å²) in [6, 6.07) is 16.8. The van der Waals surface area contributed by atoms with E-state index in [0.29, 0.717) is 65.1 Å². The van der Waals surface area contributed by atoms with E-state index in [0.717, 1.165) is 29.7 Å². The van der Waals surface area contributed by atoms with Gasteiger partial charge in [0.2, 0.25) is 17.7 Å². The van der Waals surface area contributed by atoms with Crippen molar-refractivity contribution in [3.8, 4) is 5.75 Å². The smallest absolute Gasteiger partial charge is 0.243 e. The van der Waals surface area contributed by atoms with Crippen LogP contribution in [0.4, 0.5) is 0 Å². The number of ether oxygens (including phenoxy) is 2. The molecule has 0 radical (unpaired) electrons. The van der Waals surface area contributed by atoms with Crippen molar-refractivity contribution in [1.29, 1.82) is 0 Å². The summed E-state index contributed by atoms with van der Waals surface area (Å²) in [5, 5.41) is 9.47. The lowest BCUT2D eigenvalue weighted by molar-refractivity contribution is -0.140. The number of fused-ring (bicyclic) bond motifs is 1. The van der Waals surface area contributed by atoms with Gasteiger partial charge in [0.1, 0.15) is 11.8 Å². The van der Waals surface area contributed by atoms with Crippen LogP contribution in [0.5, 0.6) is 5.75 Å². The third-order valence-corrected chi connectivity index (χ3v) is 9.13. The first-order valence-electron chi connectivity index (χ1n) is 15.4. The van der Waals surface area contributed by atoms with Gasteiger partial charge in [-0.15, -0.1) is 0 Å². The average molecular weight is 589 g/mol. The number of hydrogen-bond donors (Lipinski definition) is 3. The number of para-hydroxylation sites is 1. The van der Waals surface area contributed by atoms with E-state index < -0.39 is 11.5 Å². The van der Waals surface area contributed by atoms with Crippen molar-refractivity contribution >= 4 is 17.7 Å². The molecule has 3 aliphatic heterocycles. The Morgan fingerprint density at radius 2 is 1.81 bits per heavy atom. The van der Waals surface area contributed by atoms with E-state index in [-0.39, 0.29) is 29.7 Å². The van der Waals surface area contributed by atoms with Crippen molar-refractivity contribution in [2.24, 2.45) is 11.3 Å². The molecule has 9 nitrogen and oxygen atoms in total. The molecule has 43 heavy (non-hydrogen) atoms. The molecule has 5 rings (SSSR count). The van der Waals surface area contributed by atoms with Crippen LogP contribution in [0.3, 0.4) is 0 Å². The van der Waals surface area contributed by atoms with Crippen LogP contribution >= 0.6 is 0 Å². The van der Waals surface area contributed by atoms with Crippen molar-refractivity contribution in [3.05, 3.63) is 77.9 Å². The quantitative estimate of drug-likeness (QED) is 0.430. The first-order valence-corrected chi connectivity index (χ1v) is 15.4. The van der Waals surface area contributed by atoms with Gasteiger partial charge in [-0.25, -0.2) is 0 Å². The molecule has 2 fully saturated rings. The van der Waals surface area contributed by atoms with E-state index in [1.165, 1.54) is 0 Å². The lowest BCUT2D eigenvalue weighted by Gasteiger charge is -2.40. The molecular weight excluding hydrogens is 544 g/mol. The van der Waals surface area contributed by atoms with Gasteiger partial charge in [-0.05, 0) is 49.7 Å². The normalized spacial score (nSPS) is 25.3. The van der Waals surface area contributed by atoms with Crippen molar-refractivity contribution < 1.29 is 23.9 Å². The molecule has 2 aromatic rings. The second-order valence-corrected chi connectivity index (χ2v) is 12.0. The van der Waals surface area contributed by atoms with E-state index in [4.69, 9.17) is 9.47 Å². The number of carbonyl (C=O) groups is 3. The number of piperidine rings is 1. The molecule has 3 heterocycles. The third-order valence-electron chi connectivity index (χ3n) is 9.13. The van der Waals surface area contributed by atoms with E-state index >= 15 is 0 Å². The first kappa shape index (κ1) is 30.8. The Balaban J connectivity index is 1.28. The Kier molecular flexibility index (Phi) is 10.5. The minimum Gasteiger partial charge on any atom is -0.496 e. The first-order chi connectivity index (χ1) is 21.0. The lowest BCUT2D eigenvalue weighted by atomic mass is 9.75. The van der Waals surface area contributed by atoms with Crippen molar-refractivity contribution in [2.75, 3.05) is 40.0 Å². The SMILES string of the molecule is COc1ccccc1CNC(=O)CN1CC[C@H]2NC(=O)[C@@H](Cc3ccccc3)NC(=O)C3(C/C=C/C[C@H]2C1)CCOCC3. The summed E-state index contributed by atoms with van der Waals surface area (Å²) in [7, 11) is 1.63. The van der Waals surface area contributed by atoms with E-state index in [2.05, 4.69) is 33.0 Å². The molecular formula is C34H44N4O5. The summed E-state index contributed by atoms with van der Waals surface area (Å²) in [6.45, 7) is 3.18. The number of hydrogen-bond acceptors (Lipinski definition) is 6. The number of carbonyl (C=O) groups excluding carboxylic acids is 3. The van der Waals surface area contributed by atoms with Gasteiger partial charge in [0.05, 0.1) is 19.1 Å². The topological polar surface area (TPSA) is 109 Å². The van der Waals surface area contributed by atoms with Gasteiger partial charge in [-0.3, -0.25) is 19.3 Å². The molecule has 230 valence electrons. The highest BCUT2D eigenvalue weighted by atomic mass is 16.5. The van der Waals surface area contributed by atoms with E-state index in [9.17, 15) is 14.4 Å².